The quantitative estimate of drug-likeness (QED) is 0.503. The van der Waals surface area contributed by atoms with Crippen LogP contribution in [0.1, 0.15) is 41.6 Å². The molecular formula is C18H19N3O3S. The van der Waals surface area contributed by atoms with Crippen LogP contribution >= 0.6 is 11.8 Å². The van der Waals surface area contributed by atoms with Gasteiger partial charge in [0.05, 0.1) is 11.4 Å². The van der Waals surface area contributed by atoms with Gasteiger partial charge in [-0.3, -0.25) is 9.59 Å². The van der Waals surface area contributed by atoms with E-state index in [4.69, 9.17) is 4.74 Å². The summed E-state index contributed by atoms with van der Waals surface area (Å²) in [7, 11) is 0. The molecule has 1 aromatic carbocycles. The number of fused-ring (bicyclic) bond motifs is 1. The van der Waals surface area contributed by atoms with Crippen molar-refractivity contribution in [3.63, 3.8) is 0 Å². The molecule has 0 bridgehead atoms. The first-order chi connectivity index (χ1) is 11.9. The number of rotatable bonds is 5. The van der Waals surface area contributed by atoms with Crippen molar-refractivity contribution < 1.29 is 14.3 Å². The van der Waals surface area contributed by atoms with E-state index in [1.54, 1.807) is 18.2 Å². The molecule has 25 heavy (non-hydrogen) atoms. The van der Waals surface area contributed by atoms with E-state index in [2.05, 4.69) is 15.3 Å². The molecule has 1 N–H and O–H groups in total. The molecule has 6 nitrogen and oxygen atoms in total. The van der Waals surface area contributed by atoms with Gasteiger partial charge in [0.2, 0.25) is 0 Å². The Morgan fingerprint density at radius 3 is 2.88 bits per heavy atom. The predicted molar refractivity (Wildman–Crippen MR) is 96.5 cm³/mol. The fraction of sp³-hybridized carbons (Fsp3) is 0.333. The van der Waals surface area contributed by atoms with Crippen molar-refractivity contribution in [2.75, 3.05) is 17.7 Å². The number of aryl methyl sites for hydroxylation is 1. The Bertz CT molecular complexity index is 836. The van der Waals surface area contributed by atoms with Gasteiger partial charge < -0.3 is 10.1 Å². The molecule has 1 aromatic heterocycles. The lowest BCUT2D eigenvalue weighted by Crippen LogP contribution is -2.25. The largest absolute Gasteiger partial charge is 0.482 e. The zero-order valence-corrected chi connectivity index (χ0v) is 15.1. The van der Waals surface area contributed by atoms with Crippen LogP contribution < -0.4 is 10.1 Å². The number of benzene rings is 1. The summed E-state index contributed by atoms with van der Waals surface area (Å²) in [6, 6.07) is 6.95. The Morgan fingerprint density at radius 1 is 1.32 bits per heavy atom. The molecule has 1 aliphatic heterocycles. The van der Waals surface area contributed by atoms with E-state index >= 15 is 0 Å². The average Bonchev–Trinajstić information content (AvgIpc) is 2.58. The molecule has 0 saturated heterocycles. The maximum absolute atomic E-state index is 12.5. The molecule has 2 heterocycles. The summed E-state index contributed by atoms with van der Waals surface area (Å²) < 4.78 is 5.30. The number of ketones is 1. The second kappa shape index (κ2) is 7.23. The van der Waals surface area contributed by atoms with Gasteiger partial charge in [-0.15, -0.1) is 0 Å². The van der Waals surface area contributed by atoms with E-state index < -0.39 is 0 Å². The number of hydrogen-bond acceptors (Lipinski definition) is 6. The summed E-state index contributed by atoms with van der Waals surface area (Å²) >= 11 is 1.39. The summed E-state index contributed by atoms with van der Waals surface area (Å²) in [4.78, 5) is 32.8. The molecule has 0 unspecified atom stereocenters. The molecule has 1 aliphatic rings. The smallest absolute Gasteiger partial charge is 0.262 e. The van der Waals surface area contributed by atoms with E-state index in [-0.39, 0.29) is 30.0 Å². The summed E-state index contributed by atoms with van der Waals surface area (Å²) in [6.45, 7) is 6.00. The van der Waals surface area contributed by atoms with E-state index in [1.165, 1.54) is 11.8 Å². The Hall–Kier alpha value is -2.41. The molecule has 0 radical (unpaired) electrons. The minimum atomic E-state index is -0.218. The maximum atomic E-state index is 12.5. The number of hydrogen-bond donors (Lipinski definition) is 1. The van der Waals surface area contributed by atoms with Gasteiger partial charge in [0.25, 0.3) is 5.91 Å². The highest BCUT2D eigenvalue weighted by Crippen LogP contribution is 2.29. The molecule has 0 saturated carbocycles. The normalized spacial score (nSPS) is 13.2. The molecule has 0 spiro atoms. The van der Waals surface area contributed by atoms with Crippen molar-refractivity contribution in [1.82, 2.24) is 9.97 Å². The van der Waals surface area contributed by atoms with Crippen molar-refractivity contribution in [1.29, 1.82) is 0 Å². The van der Waals surface area contributed by atoms with Crippen molar-refractivity contribution in [2.24, 2.45) is 0 Å². The summed E-state index contributed by atoms with van der Waals surface area (Å²) in [5.41, 5.74) is 1.96. The fourth-order valence-corrected chi connectivity index (χ4v) is 3.23. The molecular weight excluding hydrogens is 338 g/mol. The number of carbonyl (C=O) groups is 2. The third kappa shape index (κ3) is 4.17. The molecule has 7 heteroatoms. The minimum Gasteiger partial charge on any atom is -0.482 e. The number of nitrogens with zero attached hydrogens (tertiary/aromatic N) is 2. The lowest BCUT2D eigenvalue weighted by atomic mass is 10.1. The van der Waals surface area contributed by atoms with E-state index in [0.717, 1.165) is 16.5 Å². The van der Waals surface area contributed by atoms with Crippen LogP contribution in [0.25, 0.3) is 0 Å². The van der Waals surface area contributed by atoms with Crippen molar-refractivity contribution in [2.45, 2.75) is 31.7 Å². The van der Waals surface area contributed by atoms with Gasteiger partial charge in [0.1, 0.15) is 16.6 Å². The number of thioether (sulfide) groups is 1. The molecule has 3 rings (SSSR count). The Kier molecular flexibility index (Phi) is 5.03. The zero-order chi connectivity index (χ0) is 18.0. The Balaban J connectivity index is 1.71. The molecule has 1 amide bonds. The summed E-state index contributed by atoms with van der Waals surface area (Å²) in [6.07, 6.45) is 0. The molecule has 130 valence electrons. The standard InChI is InChI=1S/C18H19N3O3S/c1-10(2)18-19-11(3)6-17(21-18)25-9-14(22)12-4-5-15-13(7-12)20-16(23)8-24-15/h4-7,10H,8-9H2,1-3H3,(H,20,23). The van der Waals surface area contributed by atoms with Crippen molar-refractivity contribution in [3.05, 3.63) is 41.3 Å². The molecule has 2 aromatic rings. The van der Waals surface area contributed by atoms with E-state index in [9.17, 15) is 9.59 Å². The van der Waals surface area contributed by atoms with E-state index in [1.807, 2.05) is 26.8 Å². The first-order valence-corrected chi connectivity index (χ1v) is 8.99. The van der Waals surface area contributed by atoms with Gasteiger partial charge >= 0.3 is 0 Å². The molecule has 0 atom stereocenters. The highest BCUT2D eigenvalue weighted by molar-refractivity contribution is 7.99. The number of nitrogens with one attached hydrogen (secondary N) is 1. The zero-order valence-electron chi connectivity index (χ0n) is 14.3. The number of amides is 1. The topological polar surface area (TPSA) is 81.2 Å². The van der Waals surface area contributed by atoms with Crippen LogP contribution in [0, 0.1) is 6.92 Å². The summed E-state index contributed by atoms with van der Waals surface area (Å²) in [5.74, 6) is 1.61. The number of anilines is 1. The van der Waals surface area contributed by atoms with Gasteiger partial charge in [-0.25, -0.2) is 9.97 Å². The van der Waals surface area contributed by atoms with Gasteiger partial charge in [-0.1, -0.05) is 25.6 Å². The second-order valence-electron chi connectivity index (χ2n) is 6.12. The number of Topliss-reactive ketones (excluding diaryl/α,β-unsaturated/α-hetero) is 1. The molecule has 0 aliphatic carbocycles. The van der Waals surface area contributed by atoms with Crippen LogP contribution in [0.5, 0.6) is 5.75 Å². The van der Waals surface area contributed by atoms with Crippen LogP contribution in [0.3, 0.4) is 0 Å². The second-order valence-corrected chi connectivity index (χ2v) is 7.12. The minimum absolute atomic E-state index is 0.00138. The third-order valence-corrected chi connectivity index (χ3v) is 4.56. The van der Waals surface area contributed by atoms with Crippen molar-refractivity contribution in [3.8, 4) is 5.75 Å². The maximum Gasteiger partial charge on any atom is 0.262 e. The van der Waals surface area contributed by atoms with Crippen molar-refractivity contribution >= 4 is 29.1 Å². The van der Waals surface area contributed by atoms with Crippen LogP contribution in [0.4, 0.5) is 5.69 Å². The number of ether oxygens (including phenoxy) is 1. The first-order valence-electron chi connectivity index (χ1n) is 8.00. The van der Waals surface area contributed by atoms with E-state index in [0.29, 0.717) is 17.0 Å². The lowest BCUT2D eigenvalue weighted by molar-refractivity contribution is -0.118. The van der Waals surface area contributed by atoms with Gasteiger partial charge in [-0.2, -0.15) is 0 Å². The third-order valence-electron chi connectivity index (χ3n) is 3.65. The average molecular weight is 357 g/mol. The van der Waals surface area contributed by atoms with Crippen LogP contribution in [0.15, 0.2) is 29.3 Å². The van der Waals surface area contributed by atoms with Gasteiger partial charge in [0, 0.05) is 17.2 Å². The number of carbonyl (C=O) groups excluding carboxylic acids is 2. The van der Waals surface area contributed by atoms with Crippen LogP contribution in [-0.4, -0.2) is 34.0 Å². The number of aromatic nitrogens is 2. The highest BCUT2D eigenvalue weighted by atomic mass is 32.2. The molecule has 0 fully saturated rings. The lowest BCUT2D eigenvalue weighted by Gasteiger charge is -2.18. The monoisotopic (exact) mass is 357 g/mol. The van der Waals surface area contributed by atoms with Crippen LogP contribution in [-0.2, 0) is 4.79 Å². The van der Waals surface area contributed by atoms with Gasteiger partial charge in [-0.05, 0) is 31.2 Å². The highest BCUT2D eigenvalue weighted by Gasteiger charge is 2.18. The fourth-order valence-electron chi connectivity index (χ4n) is 2.37. The predicted octanol–water partition coefficient (Wildman–Crippen LogP) is 3.21. The first kappa shape index (κ1) is 17.4. The Morgan fingerprint density at radius 2 is 2.12 bits per heavy atom. The SMILES string of the molecule is Cc1cc(SCC(=O)c2ccc3c(c2)NC(=O)CO3)nc(C(C)C)n1. The van der Waals surface area contributed by atoms with Gasteiger partial charge in [0.15, 0.2) is 12.4 Å². The summed E-state index contributed by atoms with van der Waals surface area (Å²) in [5, 5.41) is 3.50. The Labute approximate surface area is 150 Å². The van der Waals surface area contributed by atoms with Crippen LogP contribution in [0.2, 0.25) is 0 Å².